The van der Waals surface area contributed by atoms with Crippen LogP contribution in [0.25, 0.3) is 0 Å². The molecule has 0 saturated carbocycles. The smallest absolute Gasteiger partial charge is 0.324 e. The van der Waals surface area contributed by atoms with E-state index in [9.17, 15) is 9.13 Å². The highest BCUT2D eigenvalue weighted by Gasteiger charge is 2.14. The molecule has 9 nitrogen and oxygen atoms in total. The zero-order valence-corrected chi connectivity index (χ0v) is 18.9. The summed E-state index contributed by atoms with van der Waals surface area (Å²) in [6.07, 6.45) is 10.6. The van der Waals surface area contributed by atoms with Gasteiger partial charge in [0, 0.05) is 12.3 Å². The van der Waals surface area contributed by atoms with Gasteiger partial charge in [-0.2, -0.15) is 0 Å². The number of nitrogens with two attached hydrogens (primary N) is 3. The van der Waals surface area contributed by atoms with Crippen LogP contribution in [0.4, 0.5) is 0 Å². The predicted octanol–water partition coefficient (Wildman–Crippen LogP) is 2.75. The summed E-state index contributed by atoms with van der Waals surface area (Å²) in [4.78, 5) is 33.7. The number of allylic oxidation sites excluding steroid dienone is 2. The highest BCUT2D eigenvalue weighted by atomic mass is 31.2. The van der Waals surface area contributed by atoms with Gasteiger partial charge in [-0.3, -0.25) is 9.13 Å². The lowest BCUT2D eigenvalue weighted by Crippen LogP contribution is -2.57. The molecule has 0 heterocycles. The van der Waals surface area contributed by atoms with Gasteiger partial charge in [-0.15, -0.1) is 13.2 Å². The normalized spacial score (nSPS) is 11.6. The number of hydrogen-bond acceptors (Lipinski definition) is 5. The van der Waals surface area contributed by atoms with Crippen LogP contribution in [0.15, 0.2) is 25.3 Å². The Balaban J connectivity index is -0.000000362. The Hall–Kier alpha value is -0.340. The van der Waals surface area contributed by atoms with Gasteiger partial charge in [0.15, 0.2) is 0 Å². The van der Waals surface area contributed by atoms with Gasteiger partial charge >= 0.3 is 15.2 Å². The third kappa shape index (κ3) is 44.8. The van der Waals surface area contributed by atoms with E-state index >= 15 is 0 Å². The summed E-state index contributed by atoms with van der Waals surface area (Å²) in [5.74, 6) is -0.997. The molecule has 0 amide bonds. The minimum Gasteiger partial charge on any atom is -0.324 e. The van der Waals surface area contributed by atoms with Crippen molar-refractivity contribution in [1.82, 2.24) is 0 Å². The second-order valence-corrected chi connectivity index (χ2v) is 10.1. The summed E-state index contributed by atoms with van der Waals surface area (Å²) in [6, 6.07) is 0. The molecule has 0 aromatic rings. The second kappa shape index (κ2) is 18.7. The van der Waals surface area contributed by atoms with Crippen LogP contribution in [-0.4, -0.2) is 37.7 Å². The Labute approximate surface area is 169 Å². The molecule has 0 radical (unpaired) electrons. The fourth-order valence-corrected chi connectivity index (χ4v) is 2.98. The van der Waals surface area contributed by atoms with Gasteiger partial charge in [0.1, 0.15) is 5.79 Å². The Morgan fingerprint density at radius 2 is 1.18 bits per heavy atom. The highest BCUT2D eigenvalue weighted by Crippen LogP contribution is 2.37. The van der Waals surface area contributed by atoms with E-state index in [-0.39, 0.29) is 12.3 Å². The molecule has 0 unspecified atom stereocenters. The molecule has 170 valence electrons. The van der Waals surface area contributed by atoms with Crippen molar-refractivity contribution in [3.05, 3.63) is 25.3 Å². The maximum atomic E-state index is 10.3. The summed E-state index contributed by atoms with van der Waals surface area (Å²) in [5, 5.41) is 0. The molecule has 0 aliphatic carbocycles. The Morgan fingerprint density at radius 3 is 1.43 bits per heavy atom. The molecular weight excluding hydrogens is 404 g/mol. The Kier molecular flexibility index (Phi) is 21.6. The first kappa shape index (κ1) is 32.3. The number of rotatable bonds is 13. The van der Waals surface area contributed by atoms with Crippen molar-refractivity contribution in [2.45, 2.75) is 70.5 Å². The Morgan fingerprint density at radius 1 is 0.786 bits per heavy atom. The summed E-state index contributed by atoms with van der Waals surface area (Å²) in [7, 11) is -7.88. The zero-order chi connectivity index (χ0) is 22.7. The van der Waals surface area contributed by atoms with Gasteiger partial charge in [-0.25, -0.2) is 0 Å². The molecule has 0 aromatic heterocycles. The van der Waals surface area contributed by atoms with Crippen LogP contribution in [-0.2, 0) is 9.13 Å². The van der Waals surface area contributed by atoms with E-state index in [1.165, 1.54) is 19.3 Å². The summed E-state index contributed by atoms with van der Waals surface area (Å²) < 4.78 is 20.7. The summed E-state index contributed by atoms with van der Waals surface area (Å²) >= 11 is 0. The lowest BCUT2D eigenvalue weighted by Gasteiger charge is -2.16. The largest absolute Gasteiger partial charge is 0.325 e. The molecular formula is C17H41N3O6P2. The molecule has 0 bridgehead atoms. The average molecular weight is 445 g/mol. The van der Waals surface area contributed by atoms with E-state index in [4.69, 9.17) is 36.8 Å². The number of hydrogen-bond donors (Lipinski definition) is 7. The molecule has 10 N–H and O–H groups in total. The van der Waals surface area contributed by atoms with Gasteiger partial charge in [-0.1, -0.05) is 38.3 Å². The van der Waals surface area contributed by atoms with E-state index in [2.05, 4.69) is 20.1 Å². The SMILES string of the molecule is C=CCCCC.C=CCCCC(N)(N)N.O=P(O)(O)CCCCCP(=O)(O)O. The quantitative estimate of drug-likeness (QED) is 0.0965. The molecule has 0 rings (SSSR count). The summed E-state index contributed by atoms with van der Waals surface area (Å²) in [5.41, 5.74) is 15.9. The van der Waals surface area contributed by atoms with Crippen LogP contribution in [0.5, 0.6) is 0 Å². The van der Waals surface area contributed by atoms with E-state index in [0.717, 1.165) is 12.8 Å². The first-order valence-corrected chi connectivity index (χ1v) is 13.0. The van der Waals surface area contributed by atoms with Gasteiger partial charge in [0.2, 0.25) is 0 Å². The highest BCUT2D eigenvalue weighted by molar-refractivity contribution is 7.52. The minimum absolute atomic E-state index is 0.214. The molecule has 0 aromatic carbocycles. The topological polar surface area (TPSA) is 193 Å². The molecule has 0 aliphatic heterocycles. The monoisotopic (exact) mass is 445 g/mol. The molecule has 0 fully saturated rings. The lowest BCUT2D eigenvalue weighted by atomic mass is 10.1. The average Bonchev–Trinajstić information content (AvgIpc) is 2.51. The molecule has 0 saturated heterocycles. The van der Waals surface area contributed by atoms with Crippen molar-refractivity contribution < 1.29 is 28.7 Å². The lowest BCUT2D eigenvalue weighted by molar-refractivity contribution is 0.369. The van der Waals surface area contributed by atoms with Crippen LogP contribution in [0.1, 0.15) is 64.7 Å². The van der Waals surface area contributed by atoms with E-state index in [1.54, 1.807) is 0 Å². The fourth-order valence-electron chi connectivity index (χ4n) is 1.71. The van der Waals surface area contributed by atoms with Crippen molar-refractivity contribution >= 4 is 15.2 Å². The van der Waals surface area contributed by atoms with Crippen molar-refractivity contribution in [2.24, 2.45) is 17.2 Å². The van der Waals surface area contributed by atoms with Crippen molar-refractivity contribution in [2.75, 3.05) is 12.3 Å². The first-order chi connectivity index (χ1) is 12.7. The van der Waals surface area contributed by atoms with E-state index in [1.807, 2.05) is 12.2 Å². The van der Waals surface area contributed by atoms with Crippen LogP contribution >= 0.6 is 15.2 Å². The van der Waals surface area contributed by atoms with Gasteiger partial charge in [-0.05, 0) is 38.5 Å². The van der Waals surface area contributed by atoms with Crippen LogP contribution in [0.2, 0.25) is 0 Å². The van der Waals surface area contributed by atoms with E-state index < -0.39 is 21.0 Å². The fraction of sp³-hybridized carbons (Fsp3) is 0.765. The molecule has 0 spiro atoms. The zero-order valence-electron chi connectivity index (χ0n) is 17.1. The van der Waals surface area contributed by atoms with Gasteiger partial charge in [0.25, 0.3) is 0 Å². The Bertz CT molecular complexity index is 448. The molecule has 28 heavy (non-hydrogen) atoms. The predicted molar refractivity (Wildman–Crippen MR) is 117 cm³/mol. The van der Waals surface area contributed by atoms with Crippen molar-refractivity contribution in [3.8, 4) is 0 Å². The second-order valence-electron chi connectivity index (χ2n) is 6.56. The summed E-state index contributed by atoms with van der Waals surface area (Å²) in [6.45, 7) is 9.34. The first-order valence-electron chi connectivity index (χ1n) is 9.36. The van der Waals surface area contributed by atoms with Gasteiger partial charge < -0.3 is 36.8 Å². The van der Waals surface area contributed by atoms with Crippen LogP contribution < -0.4 is 17.2 Å². The maximum Gasteiger partial charge on any atom is 0.325 e. The van der Waals surface area contributed by atoms with Crippen molar-refractivity contribution in [3.63, 3.8) is 0 Å². The minimum atomic E-state index is -3.94. The standard InChI is InChI=1S/C6H15N3.C6H12.C5H14O6P2/c1-2-3-4-5-6(7,8)9;1-3-5-6-4-2;6-12(7,8)4-2-1-3-5-13(9,10)11/h2H,1,3-5,7-9H2;3H,1,4-6H2,2H3;1-5H2,(H2,6,7,8)(H2,9,10,11). The van der Waals surface area contributed by atoms with Crippen LogP contribution in [0, 0.1) is 0 Å². The molecule has 0 aliphatic rings. The van der Waals surface area contributed by atoms with E-state index in [0.29, 0.717) is 25.7 Å². The molecule has 11 heteroatoms. The third-order valence-electron chi connectivity index (χ3n) is 3.18. The third-order valence-corrected chi connectivity index (χ3v) is 4.98. The maximum absolute atomic E-state index is 10.3. The number of unbranched alkanes of at least 4 members (excludes halogenated alkanes) is 5. The van der Waals surface area contributed by atoms with Crippen molar-refractivity contribution in [1.29, 1.82) is 0 Å². The van der Waals surface area contributed by atoms with Gasteiger partial charge in [0.05, 0.1) is 0 Å². The van der Waals surface area contributed by atoms with Crippen LogP contribution in [0.3, 0.4) is 0 Å². The molecule has 0 atom stereocenters.